The van der Waals surface area contributed by atoms with Gasteiger partial charge in [0.15, 0.2) is 0 Å². The Kier molecular flexibility index (Phi) is 3.49. The van der Waals surface area contributed by atoms with E-state index >= 15 is 0 Å². The van der Waals surface area contributed by atoms with Crippen LogP contribution in [0.15, 0.2) is 24.3 Å². The van der Waals surface area contributed by atoms with Crippen LogP contribution in [-0.4, -0.2) is 29.6 Å². The summed E-state index contributed by atoms with van der Waals surface area (Å²) in [6.07, 6.45) is 0.521. The van der Waals surface area contributed by atoms with Gasteiger partial charge in [0.2, 0.25) is 0 Å². The molecule has 0 N–H and O–H groups in total. The van der Waals surface area contributed by atoms with Crippen molar-refractivity contribution < 1.29 is 14.4 Å². The molecule has 6 heteroatoms. The molecular weight excluding hydrogens is 246 g/mol. The van der Waals surface area contributed by atoms with E-state index in [0.717, 1.165) is 6.42 Å². The van der Waals surface area contributed by atoms with Crippen LogP contribution >= 0.6 is 11.6 Å². The first kappa shape index (κ1) is 12.1. The summed E-state index contributed by atoms with van der Waals surface area (Å²) in [7, 11) is 1.59. The number of rotatable bonds is 4. The van der Waals surface area contributed by atoms with Crippen molar-refractivity contribution >= 4 is 17.3 Å². The average molecular weight is 258 g/mol. The van der Waals surface area contributed by atoms with Crippen LogP contribution in [0.4, 0.5) is 5.69 Å². The zero-order valence-corrected chi connectivity index (χ0v) is 9.96. The molecule has 0 amide bonds. The Hall–Kier alpha value is -1.33. The third-order valence-electron chi connectivity index (χ3n) is 2.79. The fourth-order valence-electron chi connectivity index (χ4n) is 1.76. The van der Waals surface area contributed by atoms with Gasteiger partial charge in [-0.2, -0.15) is 0 Å². The highest BCUT2D eigenvalue weighted by atomic mass is 35.5. The maximum absolute atomic E-state index is 10.5. The topological polar surface area (TPSA) is 61.6 Å². The number of methoxy groups -OCH3 is 1. The van der Waals surface area contributed by atoms with Crippen molar-refractivity contribution in [3.05, 3.63) is 34.4 Å². The van der Waals surface area contributed by atoms with Crippen LogP contribution in [-0.2, 0) is 4.74 Å². The van der Waals surface area contributed by atoms with E-state index < -0.39 is 4.92 Å². The van der Waals surface area contributed by atoms with E-state index in [1.54, 1.807) is 19.2 Å². The number of alkyl halides is 1. The maximum Gasteiger partial charge on any atom is 0.269 e. The number of nitro groups is 1. The Morgan fingerprint density at radius 3 is 2.53 bits per heavy atom. The summed E-state index contributed by atoms with van der Waals surface area (Å²) >= 11 is 5.95. The molecule has 1 aromatic rings. The smallest absolute Gasteiger partial charge is 0.269 e. The SMILES string of the molecule is COC1C(Cl)CC1Oc1ccc([N+](=O)[O-])cc1. The molecule has 5 nitrogen and oxygen atoms in total. The lowest BCUT2D eigenvalue weighted by Gasteiger charge is -2.39. The van der Waals surface area contributed by atoms with E-state index in [4.69, 9.17) is 21.1 Å². The van der Waals surface area contributed by atoms with E-state index in [1.165, 1.54) is 12.1 Å². The third kappa shape index (κ3) is 2.50. The molecule has 1 aliphatic carbocycles. The first-order valence-electron chi connectivity index (χ1n) is 5.20. The van der Waals surface area contributed by atoms with Crippen LogP contribution in [0.5, 0.6) is 5.75 Å². The van der Waals surface area contributed by atoms with Gasteiger partial charge in [0.05, 0.1) is 10.3 Å². The quantitative estimate of drug-likeness (QED) is 0.472. The summed E-state index contributed by atoms with van der Waals surface area (Å²) in [6, 6.07) is 5.97. The first-order valence-corrected chi connectivity index (χ1v) is 5.63. The molecule has 3 unspecified atom stereocenters. The second kappa shape index (κ2) is 4.89. The van der Waals surface area contributed by atoms with Crippen LogP contribution in [0.3, 0.4) is 0 Å². The van der Waals surface area contributed by atoms with Gasteiger partial charge in [-0.05, 0) is 12.1 Å². The van der Waals surface area contributed by atoms with Gasteiger partial charge in [0, 0.05) is 25.7 Å². The van der Waals surface area contributed by atoms with Crippen LogP contribution in [0.25, 0.3) is 0 Å². The van der Waals surface area contributed by atoms with Crippen LogP contribution < -0.4 is 4.74 Å². The molecule has 0 heterocycles. The Morgan fingerprint density at radius 1 is 1.41 bits per heavy atom. The third-order valence-corrected chi connectivity index (χ3v) is 3.21. The molecule has 0 bridgehead atoms. The van der Waals surface area contributed by atoms with Gasteiger partial charge in [-0.1, -0.05) is 0 Å². The molecule has 17 heavy (non-hydrogen) atoms. The molecule has 1 aliphatic rings. The van der Waals surface area contributed by atoms with Crippen molar-refractivity contribution in [2.75, 3.05) is 7.11 Å². The van der Waals surface area contributed by atoms with Crippen molar-refractivity contribution in [3.63, 3.8) is 0 Å². The number of benzene rings is 1. The van der Waals surface area contributed by atoms with Gasteiger partial charge in [0.25, 0.3) is 5.69 Å². The van der Waals surface area contributed by atoms with Crippen molar-refractivity contribution in [2.24, 2.45) is 0 Å². The summed E-state index contributed by atoms with van der Waals surface area (Å²) < 4.78 is 10.8. The van der Waals surface area contributed by atoms with E-state index in [1.807, 2.05) is 0 Å². The Morgan fingerprint density at radius 2 is 2.06 bits per heavy atom. The second-order valence-corrected chi connectivity index (χ2v) is 4.42. The summed E-state index contributed by atoms with van der Waals surface area (Å²) in [5.41, 5.74) is 0.0458. The number of hydrogen-bond donors (Lipinski definition) is 0. The lowest BCUT2D eigenvalue weighted by Crippen LogP contribution is -2.52. The number of non-ortho nitro benzene ring substituents is 1. The number of halogens is 1. The molecule has 1 saturated carbocycles. The Labute approximate surface area is 103 Å². The predicted molar refractivity (Wildman–Crippen MR) is 62.6 cm³/mol. The summed E-state index contributed by atoms with van der Waals surface area (Å²) in [5.74, 6) is 0.589. The molecule has 3 atom stereocenters. The minimum atomic E-state index is -0.445. The van der Waals surface area contributed by atoms with Crippen LogP contribution in [0.2, 0.25) is 0 Å². The van der Waals surface area contributed by atoms with E-state index in [-0.39, 0.29) is 23.3 Å². The fourth-order valence-corrected chi connectivity index (χ4v) is 2.20. The normalized spacial score (nSPS) is 27.3. The Bertz CT molecular complexity index is 408. The zero-order chi connectivity index (χ0) is 12.4. The van der Waals surface area contributed by atoms with Gasteiger partial charge >= 0.3 is 0 Å². The lowest BCUT2D eigenvalue weighted by atomic mass is 9.91. The van der Waals surface area contributed by atoms with Crippen molar-refractivity contribution in [1.82, 2.24) is 0 Å². The maximum atomic E-state index is 10.5. The molecule has 0 spiro atoms. The molecular formula is C11H12ClNO4. The van der Waals surface area contributed by atoms with Gasteiger partial charge in [-0.25, -0.2) is 0 Å². The minimum Gasteiger partial charge on any atom is -0.488 e. The molecule has 1 fully saturated rings. The highest BCUT2D eigenvalue weighted by Crippen LogP contribution is 2.32. The summed E-state index contributed by atoms with van der Waals surface area (Å²) in [5, 5.41) is 10.4. The standard InChI is InChI=1S/C11H12ClNO4/c1-16-11-9(12)6-10(11)17-8-4-2-7(3-5-8)13(14)15/h2-5,9-11H,6H2,1H3. The number of nitrogens with zero attached hydrogens (tertiary/aromatic N) is 1. The monoisotopic (exact) mass is 257 g/mol. The van der Waals surface area contributed by atoms with Crippen LogP contribution in [0.1, 0.15) is 6.42 Å². The van der Waals surface area contributed by atoms with Gasteiger partial charge in [-0.15, -0.1) is 11.6 Å². The van der Waals surface area contributed by atoms with E-state index in [2.05, 4.69) is 0 Å². The highest BCUT2D eigenvalue weighted by Gasteiger charge is 2.42. The van der Waals surface area contributed by atoms with E-state index in [9.17, 15) is 10.1 Å². The Balaban J connectivity index is 1.98. The number of ether oxygens (including phenoxy) is 2. The summed E-state index contributed by atoms with van der Waals surface area (Å²) in [6.45, 7) is 0. The molecule has 1 aromatic carbocycles. The average Bonchev–Trinajstić information content (AvgIpc) is 2.29. The number of hydrogen-bond acceptors (Lipinski definition) is 4. The molecule has 0 radical (unpaired) electrons. The van der Waals surface area contributed by atoms with Crippen molar-refractivity contribution in [3.8, 4) is 5.75 Å². The number of nitro benzene ring substituents is 1. The molecule has 92 valence electrons. The highest BCUT2D eigenvalue weighted by molar-refractivity contribution is 6.21. The lowest BCUT2D eigenvalue weighted by molar-refractivity contribution is -0.384. The fraction of sp³-hybridized carbons (Fsp3) is 0.455. The zero-order valence-electron chi connectivity index (χ0n) is 9.21. The first-order chi connectivity index (χ1) is 8.11. The van der Waals surface area contributed by atoms with E-state index in [0.29, 0.717) is 5.75 Å². The minimum absolute atomic E-state index is 0.0250. The van der Waals surface area contributed by atoms with Crippen molar-refractivity contribution in [2.45, 2.75) is 24.0 Å². The molecule has 0 aliphatic heterocycles. The predicted octanol–water partition coefficient (Wildman–Crippen LogP) is 2.37. The van der Waals surface area contributed by atoms with Crippen LogP contribution in [0, 0.1) is 10.1 Å². The second-order valence-electron chi connectivity index (χ2n) is 3.86. The van der Waals surface area contributed by atoms with Gasteiger partial charge < -0.3 is 9.47 Å². The molecule has 0 aromatic heterocycles. The van der Waals surface area contributed by atoms with Gasteiger partial charge in [-0.3, -0.25) is 10.1 Å². The molecule has 2 rings (SSSR count). The summed E-state index contributed by atoms with van der Waals surface area (Å²) in [4.78, 5) is 10.0. The molecule has 0 saturated heterocycles. The largest absolute Gasteiger partial charge is 0.488 e. The van der Waals surface area contributed by atoms with Crippen molar-refractivity contribution in [1.29, 1.82) is 0 Å². The van der Waals surface area contributed by atoms with Gasteiger partial charge in [0.1, 0.15) is 18.0 Å².